The van der Waals surface area contributed by atoms with Gasteiger partial charge in [0.25, 0.3) is 0 Å². The summed E-state index contributed by atoms with van der Waals surface area (Å²) in [4.78, 5) is 14.9. The molecule has 0 atom stereocenters. The highest BCUT2D eigenvalue weighted by atomic mass is 35.5. The van der Waals surface area contributed by atoms with Gasteiger partial charge in [0.1, 0.15) is 5.82 Å². The number of aromatic nitrogens is 1. The molecule has 0 aromatic carbocycles. The summed E-state index contributed by atoms with van der Waals surface area (Å²) in [6, 6.07) is 5.69. The lowest BCUT2D eigenvalue weighted by molar-refractivity contribution is -0.119. The lowest BCUT2D eigenvalue weighted by Crippen LogP contribution is -2.31. The molecule has 0 bridgehead atoms. The van der Waals surface area contributed by atoms with Crippen LogP contribution in [-0.4, -0.2) is 30.5 Å². The van der Waals surface area contributed by atoms with E-state index in [0.29, 0.717) is 6.54 Å². The topological polar surface area (TPSA) is 80.0 Å². The van der Waals surface area contributed by atoms with E-state index in [1.165, 1.54) is 0 Å². The van der Waals surface area contributed by atoms with Gasteiger partial charge in [-0.15, -0.1) is 24.8 Å². The van der Waals surface area contributed by atoms with Gasteiger partial charge in [0.2, 0.25) is 5.91 Å². The average molecular weight is 281 g/mol. The molecule has 1 aromatic heterocycles. The summed E-state index contributed by atoms with van der Waals surface area (Å²) in [5, 5.41) is 5.84. The van der Waals surface area contributed by atoms with Crippen molar-refractivity contribution in [1.82, 2.24) is 10.3 Å². The van der Waals surface area contributed by atoms with Crippen LogP contribution in [0.1, 0.15) is 6.42 Å². The first-order valence-corrected chi connectivity index (χ1v) is 4.94. The van der Waals surface area contributed by atoms with Crippen molar-refractivity contribution in [2.24, 2.45) is 5.73 Å². The summed E-state index contributed by atoms with van der Waals surface area (Å²) >= 11 is 0. The van der Waals surface area contributed by atoms with Crippen molar-refractivity contribution in [2.75, 3.05) is 25.0 Å². The van der Waals surface area contributed by atoms with Crippen molar-refractivity contribution in [3.63, 3.8) is 0 Å². The Labute approximate surface area is 113 Å². The zero-order chi connectivity index (χ0) is 10.9. The van der Waals surface area contributed by atoms with Crippen LogP contribution >= 0.6 is 24.8 Å². The molecule has 0 aliphatic heterocycles. The van der Waals surface area contributed by atoms with Gasteiger partial charge < -0.3 is 16.4 Å². The van der Waals surface area contributed by atoms with Crippen molar-refractivity contribution < 1.29 is 4.79 Å². The van der Waals surface area contributed by atoms with Crippen LogP contribution in [0.3, 0.4) is 0 Å². The maximum atomic E-state index is 10.8. The minimum Gasteiger partial charge on any atom is -0.370 e. The minimum absolute atomic E-state index is 0. The van der Waals surface area contributed by atoms with Gasteiger partial charge in [-0.1, -0.05) is 6.07 Å². The summed E-state index contributed by atoms with van der Waals surface area (Å²) in [5.74, 6) is 0.732. The SMILES string of the molecule is Cl.Cl.NCC(=O)NCCCNc1ccccn1. The summed E-state index contributed by atoms with van der Waals surface area (Å²) in [6.07, 6.45) is 2.58. The van der Waals surface area contributed by atoms with Crippen molar-refractivity contribution in [1.29, 1.82) is 0 Å². The number of halogens is 2. The Morgan fingerprint density at radius 2 is 2.06 bits per heavy atom. The molecule has 98 valence electrons. The van der Waals surface area contributed by atoms with Crippen molar-refractivity contribution in [3.8, 4) is 0 Å². The quantitative estimate of drug-likeness (QED) is 0.674. The van der Waals surface area contributed by atoms with Crippen molar-refractivity contribution >= 4 is 36.5 Å². The minimum atomic E-state index is -0.118. The van der Waals surface area contributed by atoms with Gasteiger partial charge in [-0.3, -0.25) is 4.79 Å². The van der Waals surface area contributed by atoms with Gasteiger partial charge in [0, 0.05) is 19.3 Å². The number of anilines is 1. The highest BCUT2D eigenvalue weighted by molar-refractivity contribution is 5.85. The van der Waals surface area contributed by atoms with Crippen LogP contribution in [-0.2, 0) is 4.79 Å². The fourth-order valence-electron chi connectivity index (χ4n) is 1.07. The Hall–Kier alpha value is -1.04. The second kappa shape index (κ2) is 11.4. The van der Waals surface area contributed by atoms with Gasteiger partial charge >= 0.3 is 0 Å². The predicted molar refractivity (Wildman–Crippen MR) is 73.9 cm³/mol. The van der Waals surface area contributed by atoms with Crippen LogP contribution in [0.2, 0.25) is 0 Å². The molecule has 1 aromatic rings. The van der Waals surface area contributed by atoms with Crippen LogP contribution in [0.4, 0.5) is 5.82 Å². The van der Waals surface area contributed by atoms with Gasteiger partial charge in [0.05, 0.1) is 6.54 Å². The maximum absolute atomic E-state index is 10.8. The fourth-order valence-corrected chi connectivity index (χ4v) is 1.07. The third kappa shape index (κ3) is 8.74. The number of hydrogen-bond donors (Lipinski definition) is 3. The Morgan fingerprint density at radius 1 is 1.29 bits per heavy atom. The number of nitrogens with two attached hydrogens (primary N) is 1. The summed E-state index contributed by atoms with van der Waals surface area (Å²) in [5.41, 5.74) is 5.14. The molecule has 0 saturated heterocycles. The molecule has 1 rings (SSSR count). The van der Waals surface area contributed by atoms with E-state index in [0.717, 1.165) is 18.8 Å². The van der Waals surface area contributed by atoms with E-state index in [1.807, 2.05) is 18.2 Å². The third-order valence-electron chi connectivity index (χ3n) is 1.83. The molecule has 0 aliphatic rings. The molecule has 0 aliphatic carbocycles. The molecule has 5 nitrogen and oxygen atoms in total. The van der Waals surface area contributed by atoms with E-state index in [4.69, 9.17) is 5.73 Å². The number of pyridine rings is 1. The zero-order valence-corrected chi connectivity index (χ0v) is 11.0. The molecule has 0 fully saturated rings. The second-order valence-corrected chi connectivity index (χ2v) is 3.05. The van der Waals surface area contributed by atoms with E-state index in [9.17, 15) is 4.79 Å². The first kappa shape index (κ1) is 18.3. The zero-order valence-electron chi connectivity index (χ0n) is 9.39. The molecule has 4 N–H and O–H groups in total. The van der Waals surface area contributed by atoms with Crippen molar-refractivity contribution in [2.45, 2.75) is 6.42 Å². The van der Waals surface area contributed by atoms with Gasteiger partial charge in [-0.25, -0.2) is 4.98 Å². The van der Waals surface area contributed by atoms with Gasteiger partial charge in [-0.2, -0.15) is 0 Å². The molecular formula is C10H18Cl2N4O. The van der Waals surface area contributed by atoms with Crippen LogP contribution in [0.15, 0.2) is 24.4 Å². The van der Waals surface area contributed by atoms with Gasteiger partial charge in [-0.05, 0) is 18.6 Å². The number of carbonyl (C=O) groups is 1. The smallest absolute Gasteiger partial charge is 0.233 e. The third-order valence-corrected chi connectivity index (χ3v) is 1.83. The summed E-state index contributed by atoms with van der Waals surface area (Å²) < 4.78 is 0. The van der Waals surface area contributed by atoms with Crippen LogP contribution < -0.4 is 16.4 Å². The van der Waals surface area contributed by atoms with Crippen LogP contribution in [0, 0.1) is 0 Å². The van der Waals surface area contributed by atoms with Crippen LogP contribution in [0.5, 0.6) is 0 Å². The van der Waals surface area contributed by atoms with Crippen LogP contribution in [0.25, 0.3) is 0 Å². The molecule has 0 radical (unpaired) electrons. The molecule has 0 spiro atoms. The largest absolute Gasteiger partial charge is 0.370 e. The van der Waals surface area contributed by atoms with E-state index < -0.39 is 0 Å². The molecule has 0 saturated carbocycles. The second-order valence-electron chi connectivity index (χ2n) is 3.05. The molecule has 1 heterocycles. The number of nitrogens with zero attached hydrogens (tertiary/aromatic N) is 1. The number of hydrogen-bond acceptors (Lipinski definition) is 4. The Morgan fingerprint density at radius 3 is 2.65 bits per heavy atom. The summed E-state index contributed by atoms with van der Waals surface area (Å²) in [6.45, 7) is 1.46. The van der Waals surface area contributed by atoms with Gasteiger partial charge in [0.15, 0.2) is 0 Å². The Balaban J connectivity index is 0. The molecular weight excluding hydrogens is 263 g/mol. The average Bonchev–Trinajstić information content (AvgIpc) is 2.29. The fraction of sp³-hybridized carbons (Fsp3) is 0.400. The Bertz CT molecular complexity index is 298. The standard InChI is InChI=1S/C10H16N4O.2ClH/c11-8-10(15)14-7-3-6-13-9-4-1-2-5-12-9;;/h1-2,4-5H,3,6-8,11H2,(H,12,13)(H,14,15);2*1H. The predicted octanol–water partition coefficient (Wildman–Crippen LogP) is 0.802. The lowest BCUT2D eigenvalue weighted by atomic mass is 10.4. The van der Waals surface area contributed by atoms with E-state index in [-0.39, 0.29) is 37.3 Å². The number of amides is 1. The highest BCUT2D eigenvalue weighted by Crippen LogP contribution is 1.98. The first-order chi connectivity index (χ1) is 7.33. The molecule has 17 heavy (non-hydrogen) atoms. The van der Waals surface area contributed by atoms with E-state index >= 15 is 0 Å². The molecule has 7 heteroatoms. The number of rotatable bonds is 6. The first-order valence-electron chi connectivity index (χ1n) is 4.94. The van der Waals surface area contributed by atoms with Crippen molar-refractivity contribution in [3.05, 3.63) is 24.4 Å². The highest BCUT2D eigenvalue weighted by Gasteiger charge is 1.95. The maximum Gasteiger partial charge on any atom is 0.233 e. The number of carbonyl (C=O) groups excluding carboxylic acids is 1. The van der Waals surface area contributed by atoms with E-state index in [1.54, 1.807) is 6.20 Å². The normalized spacial score (nSPS) is 8.53. The lowest BCUT2D eigenvalue weighted by Gasteiger charge is -2.05. The number of nitrogens with one attached hydrogen (secondary N) is 2. The summed E-state index contributed by atoms with van der Waals surface area (Å²) in [7, 11) is 0. The Kier molecular flexibility index (Phi) is 12.3. The monoisotopic (exact) mass is 280 g/mol. The molecule has 0 unspecified atom stereocenters. The van der Waals surface area contributed by atoms with E-state index in [2.05, 4.69) is 15.6 Å². The molecule has 1 amide bonds.